The second-order valence-electron chi connectivity index (χ2n) is 6.24. The second kappa shape index (κ2) is 6.48. The molecule has 4 heteroatoms. The predicted octanol–water partition coefficient (Wildman–Crippen LogP) is 4.39. The Morgan fingerprint density at radius 2 is 1.58 bits per heavy atom. The maximum Gasteiger partial charge on any atom is 0.297 e. The largest absolute Gasteiger partial charge is 0.297 e. The highest BCUT2D eigenvalue weighted by atomic mass is 16.1. The van der Waals surface area contributed by atoms with Crippen molar-refractivity contribution in [3.63, 3.8) is 0 Å². The van der Waals surface area contributed by atoms with Crippen molar-refractivity contribution < 1.29 is 0 Å². The molecule has 0 saturated carbocycles. The fourth-order valence-corrected chi connectivity index (χ4v) is 3.20. The van der Waals surface area contributed by atoms with E-state index < -0.39 is 0 Å². The van der Waals surface area contributed by atoms with Crippen LogP contribution in [0.3, 0.4) is 0 Å². The van der Waals surface area contributed by atoms with Gasteiger partial charge in [0.25, 0.3) is 5.56 Å². The van der Waals surface area contributed by atoms with Gasteiger partial charge in [-0.05, 0) is 29.8 Å². The highest BCUT2D eigenvalue weighted by molar-refractivity contribution is 6.00. The average Bonchev–Trinajstić information content (AvgIpc) is 2.89. The first-order chi connectivity index (χ1) is 12.7. The number of hydrogen-bond acceptors (Lipinski definition) is 2. The summed E-state index contributed by atoms with van der Waals surface area (Å²) in [4.78, 5) is 17.5. The molecule has 1 heterocycles. The number of nitrogens with zero attached hydrogens (tertiary/aromatic N) is 3. The molecule has 3 aromatic carbocycles. The van der Waals surface area contributed by atoms with Crippen LogP contribution in [0, 0.1) is 6.92 Å². The van der Waals surface area contributed by atoms with Crippen LogP contribution in [0.15, 0.2) is 82.6 Å². The Bertz CT molecular complexity index is 1160. The molecule has 1 aromatic heterocycles. The van der Waals surface area contributed by atoms with Crippen molar-refractivity contribution in [1.82, 2.24) is 9.36 Å². The van der Waals surface area contributed by atoms with Gasteiger partial charge in [0.05, 0.1) is 11.4 Å². The van der Waals surface area contributed by atoms with Gasteiger partial charge in [0.15, 0.2) is 5.69 Å². The van der Waals surface area contributed by atoms with Gasteiger partial charge in [-0.1, -0.05) is 60.7 Å². The maximum absolute atomic E-state index is 12.9. The number of benzene rings is 3. The fourth-order valence-electron chi connectivity index (χ4n) is 3.20. The van der Waals surface area contributed by atoms with Crippen LogP contribution in [0.4, 0.5) is 5.69 Å². The predicted molar refractivity (Wildman–Crippen MR) is 107 cm³/mol. The molecule has 0 fully saturated rings. The highest BCUT2D eigenvalue weighted by Crippen LogP contribution is 2.20. The molecule has 0 aliphatic heterocycles. The van der Waals surface area contributed by atoms with Crippen molar-refractivity contribution in [1.29, 1.82) is 0 Å². The first kappa shape index (κ1) is 16.1. The molecule has 4 rings (SSSR count). The van der Waals surface area contributed by atoms with Gasteiger partial charge in [0, 0.05) is 18.8 Å². The molecule has 4 nitrogen and oxygen atoms in total. The van der Waals surface area contributed by atoms with E-state index in [1.165, 1.54) is 0 Å². The number of para-hydroxylation sites is 1. The Labute approximate surface area is 151 Å². The fraction of sp³-hybridized carbons (Fsp3) is 0.0909. The summed E-state index contributed by atoms with van der Waals surface area (Å²) in [5, 5.41) is 2.28. The lowest BCUT2D eigenvalue weighted by Crippen LogP contribution is -2.19. The van der Waals surface area contributed by atoms with Crippen molar-refractivity contribution >= 4 is 22.7 Å². The molecule has 0 aliphatic carbocycles. The molecule has 0 atom stereocenters. The number of aromatic nitrogens is 2. The number of fused-ring (bicyclic) bond motifs is 1. The van der Waals surface area contributed by atoms with E-state index in [2.05, 4.69) is 23.2 Å². The molecule has 4 aromatic rings. The normalized spacial score (nSPS) is 11.5. The van der Waals surface area contributed by atoms with Crippen LogP contribution in [-0.2, 0) is 7.05 Å². The minimum absolute atomic E-state index is 0.118. The van der Waals surface area contributed by atoms with Crippen LogP contribution in [0.5, 0.6) is 0 Å². The van der Waals surface area contributed by atoms with Crippen molar-refractivity contribution in [2.24, 2.45) is 12.0 Å². The van der Waals surface area contributed by atoms with Gasteiger partial charge in [-0.3, -0.25) is 9.48 Å². The maximum atomic E-state index is 12.9. The Hall–Kier alpha value is -3.40. The summed E-state index contributed by atoms with van der Waals surface area (Å²) in [6, 6.07) is 23.9. The summed E-state index contributed by atoms with van der Waals surface area (Å²) in [6.45, 7) is 1.91. The molecule has 128 valence electrons. The third-order valence-corrected chi connectivity index (χ3v) is 4.68. The van der Waals surface area contributed by atoms with Crippen LogP contribution in [-0.4, -0.2) is 15.6 Å². The molecule has 0 bridgehead atoms. The van der Waals surface area contributed by atoms with Gasteiger partial charge in [-0.15, -0.1) is 0 Å². The number of rotatable bonds is 3. The van der Waals surface area contributed by atoms with Gasteiger partial charge < -0.3 is 0 Å². The third kappa shape index (κ3) is 2.65. The monoisotopic (exact) mass is 341 g/mol. The molecule has 0 spiro atoms. The number of hydrogen-bond donors (Lipinski definition) is 0. The minimum Gasteiger partial charge on any atom is -0.283 e. The summed E-state index contributed by atoms with van der Waals surface area (Å²) in [6.07, 6.45) is 1.78. The Balaban J connectivity index is 1.82. The lowest BCUT2D eigenvalue weighted by atomic mass is 10.1. The standard InChI is InChI=1S/C22H19N3O/c1-16-21(22(26)25(24(16)2)19-12-4-3-5-13-19)23-15-18-11-8-10-17-9-6-7-14-20(17)18/h3-15H,1-2H3. The first-order valence-corrected chi connectivity index (χ1v) is 8.52. The zero-order valence-corrected chi connectivity index (χ0v) is 14.8. The summed E-state index contributed by atoms with van der Waals surface area (Å²) in [7, 11) is 1.88. The highest BCUT2D eigenvalue weighted by Gasteiger charge is 2.14. The molecule has 0 saturated heterocycles. The molecule has 0 radical (unpaired) electrons. The summed E-state index contributed by atoms with van der Waals surface area (Å²) in [5.74, 6) is 0. The van der Waals surface area contributed by atoms with E-state index in [0.717, 1.165) is 27.7 Å². The van der Waals surface area contributed by atoms with Crippen LogP contribution >= 0.6 is 0 Å². The first-order valence-electron chi connectivity index (χ1n) is 8.52. The molecule has 0 amide bonds. The van der Waals surface area contributed by atoms with Crippen LogP contribution in [0.1, 0.15) is 11.3 Å². The van der Waals surface area contributed by atoms with Crippen molar-refractivity contribution in [2.45, 2.75) is 6.92 Å². The van der Waals surface area contributed by atoms with Gasteiger partial charge in [0.2, 0.25) is 0 Å². The Morgan fingerprint density at radius 1 is 0.885 bits per heavy atom. The zero-order chi connectivity index (χ0) is 18.1. The topological polar surface area (TPSA) is 39.3 Å². The summed E-state index contributed by atoms with van der Waals surface area (Å²) in [5.41, 5.74) is 3.00. The van der Waals surface area contributed by atoms with Gasteiger partial charge in [-0.25, -0.2) is 9.67 Å². The van der Waals surface area contributed by atoms with E-state index in [4.69, 9.17) is 0 Å². The smallest absolute Gasteiger partial charge is 0.283 e. The van der Waals surface area contributed by atoms with Crippen molar-refractivity contribution in [3.8, 4) is 5.69 Å². The van der Waals surface area contributed by atoms with Gasteiger partial charge in [0.1, 0.15) is 0 Å². The van der Waals surface area contributed by atoms with Crippen LogP contribution in [0.25, 0.3) is 16.5 Å². The zero-order valence-electron chi connectivity index (χ0n) is 14.8. The number of aliphatic imine (C=N–C) groups is 1. The lowest BCUT2D eigenvalue weighted by Gasteiger charge is -2.07. The van der Waals surface area contributed by atoms with E-state index in [9.17, 15) is 4.79 Å². The molecular formula is C22H19N3O. The van der Waals surface area contributed by atoms with Crippen molar-refractivity contribution in [2.75, 3.05) is 0 Å². The third-order valence-electron chi connectivity index (χ3n) is 4.68. The molecule has 0 aliphatic rings. The molecule has 0 N–H and O–H groups in total. The quantitative estimate of drug-likeness (QED) is 0.509. The summed E-state index contributed by atoms with van der Waals surface area (Å²) >= 11 is 0. The Kier molecular flexibility index (Phi) is 4.01. The molecule has 0 unspecified atom stereocenters. The van der Waals surface area contributed by atoms with E-state index in [-0.39, 0.29) is 5.56 Å². The molecule has 26 heavy (non-hydrogen) atoms. The molecular weight excluding hydrogens is 322 g/mol. The summed E-state index contributed by atoms with van der Waals surface area (Å²) < 4.78 is 3.48. The van der Waals surface area contributed by atoms with E-state index in [0.29, 0.717) is 5.69 Å². The van der Waals surface area contributed by atoms with E-state index in [1.807, 2.05) is 73.3 Å². The van der Waals surface area contributed by atoms with Crippen LogP contribution < -0.4 is 5.56 Å². The van der Waals surface area contributed by atoms with Crippen molar-refractivity contribution in [3.05, 3.63) is 94.4 Å². The van der Waals surface area contributed by atoms with E-state index >= 15 is 0 Å². The lowest BCUT2D eigenvalue weighted by molar-refractivity contribution is 0.630. The van der Waals surface area contributed by atoms with Gasteiger partial charge >= 0.3 is 0 Å². The Morgan fingerprint density at radius 3 is 2.38 bits per heavy atom. The average molecular weight is 341 g/mol. The van der Waals surface area contributed by atoms with Gasteiger partial charge in [-0.2, -0.15) is 0 Å². The van der Waals surface area contributed by atoms with E-state index in [1.54, 1.807) is 10.9 Å². The minimum atomic E-state index is -0.118. The SMILES string of the molecule is Cc1c(N=Cc2cccc3ccccc23)c(=O)n(-c2ccccc2)n1C. The van der Waals surface area contributed by atoms with Crippen LogP contribution in [0.2, 0.25) is 0 Å². The second-order valence-corrected chi connectivity index (χ2v) is 6.24.